The third-order valence-corrected chi connectivity index (χ3v) is 6.62. The van der Waals surface area contributed by atoms with Crippen molar-refractivity contribution < 1.29 is 9.59 Å². The summed E-state index contributed by atoms with van der Waals surface area (Å²) in [6.07, 6.45) is 2.72. The molecular weight excluding hydrogens is 424 g/mol. The second kappa shape index (κ2) is 8.52. The van der Waals surface area contributed by atoms with Crippen LogP contribution in [0, 0.1) is 0 Å². The Balaban J connectivity index is 1.38. The zero-order valence-corrected chi connectivity index (χ0v) is 18.8. The van der Waals surface area contributed by atoms with E-state index in [0.29, 0.717) is 21.8 Å². The van der Waals surface area contributed by atoms with Crippen LogP contribution in [-0.4, -0.2) is 59.8 Å². The van der Waals surface area contributed by atoms with Crippen LogP contribution in [0.5, 0.6) is 0 Å². The molecule has 5 rings (SSSR count). The van der Waals surface area contributed by atoms with Crippen molar-refractivity contribution in [2.45, 2.75) is 19.3 Å². The lowest BCUT2D eigenvalue weighted by Crippen LogP contribution is -2.47. The van der Waals surface area contributed by atoms with E-state index in [9.17, 15) is 9.59 Å². The first-order valence-corrected chi connectivity index (χ1v) is 11.4. The number of pyridine rings is 1. The lowest BCUT2D eigenvalue weighted by molar-refractivity contribution is 0.0664. The van der Waals surface area contributed by atoms with Crippen molar-refractivity contribution in [3.63, 3.8) is 0 Å². The predicted molar refractivity (Wildman–Crippen MR) is 127 cm³/mol. The molecule has 2 amide bonds. The van der Waals surface area contributed by atoms with E-state index in [1.807, 2.05) is 17.0 Å². The first-order valence-electron chi connectivity index (χ1n) is 11.0. The van der Waals surface area contributed by atoms with E-state index >= 15 is 0 Å². The normalized spacial score (nSPS) is 16.2. The fraction of sp³-hybridized carbons (Fsp3) is 0.320. The molecule has 0 spiro atoms. The number of hydrogen-bond donors (Lipinski definition) is 1. The number of fused-ring (bicyclic) bond motifs is 2. The molecule has 7 heteroatoms. The van der Waals surface area contributed by atoms with Gasteiger partial charge < -0.3 is 15.1 Å². The summed E-state index contributed by atoms with van der Waals surface area (Å²) in [6.45, 7) is 3.23. The summed E-state index contributed by atoms with van der Waals surface area (Å²) in [5.41, 5.74) is 4.74. The van der Waals surface area contributed by atoms with Crippen LogP contribution in [0.4, 0.5) is 5.69 Å². The van der Waals surface area contributed by atoms with Gasteiger partial charge >= 0.3 is 0 Å². The Morgan fingerprint density at radius 1 is 1.00 bits per heavy atom. The summed E-state index contributed by atoms with van der Waals surface area (Å²) >= 11 is 6.23. The van der Waals surface area contributed by atoms with Gasteiger partial charge in [0.1, 0.15) is 0 Å². The molecule has 0 atom stereocenters. The van der Waals surface area contributed by atoms with Crippen LogP contribution in [0.1, 0.15) is 38.4 Å². The second-order valence-electron chi connectivity index (χ2n) is 8.55. The van der Waals surface area contributed by atoms with E-state index in [1.54, 1.807) is 30.3 Å². The van der Waals surface area contributed by atoms with Crippen molar-refractivity contribution in [1.82, 2.24) is 14.8 Å². The smallest absolute Gasteiger partial charge is 0.256 e. The number of aromatic nitrogens is 1. The van der Waals surface area contributed by atoms with Crippen LogP contribution in [0.25, 0.3) is 10.9 Å². The largest absolute Gasteiger partial charge is 0.336 e. The third kappa shape index (κ3) is 3.96. The van der Waals surface area contributed by atoms with Gasteiger partial charge in [0.2, 0.25) is 0 Å². The molecule has 1 aliphatic heterocycles. The topological polar surface area (TPSA) is 65.5 Å². The van der Waals surface area contributed by atoms with Crippen LogP contribution >= 0.6 is 11.6 Å². The molecule has 1 fully saturated rings. The SMILES string of the molecule is CN1CCN(C(=O)c2ccc(NC(=O)c3c4c(nc5ccc(Cl)cc35)CCC4)cc2)CC1. The Labute approximate surface area is 192 Å². The van der Waals surface area contributed by atoms with E-state index in [4.69, 9.17) is 16.6 Å². The number of carbonyl (C=O) groups is 2. The number of benzene rings is 2. The fourth-order valence-corrected chi connectivity index (χ4v) is 4.75. The van der Waals surface area contributed by atoms with E-state index < -0.39 is 0 Å². The fourth-order valence-electron chi connectivity index (χ4n) is 4.58. The van der Waals surface area contributed by atoms with E-state index in [1.165, 1.54) is 0 Å². The van der Waals surface area contributed by atoms with Crippen LogP contribution in [0.15, 0.2) is 42.5 Å². The standard InChI is InChI=1S/C25H25ClN4O2/c1-29-11-13-30(14-12-29)25(32)16-5-8-18(9-6-16)27-24(31)23-19-3-2-4-21(19)28-22-10-7-17(26)15-20(22)23/h5-10,15H,2-4,11-14H2,1H3,(H,27,31). The lowest BCUT2D eigenvalue weighted by atomic mass is 10.0. The zero-order chi connectivity index (χ0) is 22.2. The van der Waals surface area contributed by atoms with Gasteiger partial charge in [-0.15, -0.1) is 0 Å². The number of carbonyl (C=O) groups excluding carboxylic acids is 2. The molecule has 6 nitrogen and oxygen atoms in total. The molecule has 2 aliphatic rings. The molecule has 0 unspecified atom stereocenters. The molecular formula is C25H25ClN4O2. The number of aryl methyl sites for hydroxylation is 1. The molecule has 0 saturated carbocycles. The van der Waals surface area contributed by atoms with Crippen LogP contribution in [-0.2, 0) is 12.8 Å². The van der Waals surface area contributed by atoms with Crippen molar-refractivity contribution in [1.29, 1.82) is 0 Å². The maximum Gasteiger partial charge on any atom is 0.256 e. The maximum absolute atomic E-state index is 13.3. The molecule has 2 heterocycles. The summed E-state index contributed by atoms with van der Waals surface area (Å²) in [4.78, 5) is 34.9. The van der Waals surface area contributed by atoms with Crippen molar-refractivity contribution in [3.05, 3.63) is 69.9 Å². The average Bonchev–Trinajstić information content (AvgIpc) is 3.26. The monoisotopic (exact) mass is 448 g/mol. The number of anilines is 1. The third-order valence-electron chi connectivity index (χ3n) is 6.38. The van der Waals surface area contributed by atoms with Crippen molar-refractivity contribution in [2.75, 3.05) is 38.5 Å². The minimum atomic E-state index is -0.170. The molecule has 1 saturated heterocycles. The highest BCUT2D eigenvalue weighted by Gasteiger charge is 2.24. The Morgan fingerprint density at radius 2 is 1.75 bits per heavy atom. The quantitative estimate of drug-likeness (QED) is 0.657. The molecule has 2 aromatic carbocycles. The molecule has 0 radical (unpaired) electrons. The molecule has 0 bridgehead atoms. The number of amides is 2. The Kier molecular flexibility index (Phi) is 5.57. The summed E-state index contributed by atoms with van der Waals surface area (Å²) in [6, 6.07) is 12.6. The van der Waals surface area contributed by atoms with E-state index in [0.717, 1.165) is 67.6 Å². The van der Waals surface area contributed by atoms with Gasteiger partial charge in [0.05, 0.1) is 11.1 Å². The molecule has 1 aliphatic carbocycles. The Bertz CT molecular complexity index is 1200. The van der Waals surface area contributed by atoms with Gasteiger partial charge in [0.25, 0.3) is 11.8 Å². The number of likely N-dealkylation sites (N-methyl/N-ethyl adjacent to an activating group) is 1. The number of nitrogens with zero attached hydrogens (tertiary/aromatic N) is 3. The Morgan fingerprint density at radius 3 is 2.50 bits per heavy atom. The number of hydrogen-bond acceptors (Lipinski definition) is 4. The zero-order valence-electron chi connectivity index (χ0n) is 18.0. The molecule has 32 heavy (non-hydrogen) atoms. The lowest BCUT2D eigenvalue weighted by Gasteiger charge is -2.32. The number of nitrogens with one attached hydrogen (secondary N) is 1. The van der Waals surface area contributed by atoms with Crippen LogP contribution in [0.3, 0.4) is 0 Å². The molecule has 164 valence electrons. The first kappa shape index (κ1) is 20.9. The van der Waals surface area contributed by atoms with Crippen LogP contribution < -0.4 is 5.32 Å². The van der Waals surface area contributed by atoms with Gasteiger partial charge in [-0.2, -0.15) is 0 Å². The van der Waals surface area contributed by atoms with Crippen LogP contribution in [0.2, 0.25) is 5.02 Å². The number of piperazine rings is 1. The molecule has 1 N–H and O–H groups in total. The molecule has 1 aromatic heterocycles. The minimum absolute atomic E-state index is 0.0311. The number of halogens is 1. The summed E-state index contributed by atoms with van der Waals surface area (Å²) in [5, 5.41) is 4.37. The van der Waals surface area contributed by atoms with Crippen molar-refractivity contribution in [3.8, 4) is 0 Å². The van der Waals surface area contributed by atoms with Gasteiger partial charge in [-0.05, 0) is 74.3 Å². The van der Waals surface area contributed by atoms with E-state index in [2.05, 4.69) is 17.3 Å². The van der Waals surface area contributed by atoms with Gasteiger partial charge in [-0.3, -0.25) is 14.6 Å². The second-order valence-corrected chi connectivity index (χ2v) is 8.99. The highest BCUT2D eigenvalue weighted by molar-refractivity contribution is 6.31. The summed E-state index contributed by atoms with van der Waals surface area (Å²) in [5.74, 6) is -0.139. The van der Waals surface area contributed by atoms with E-state index in [-0.39, 0.29) is 11.8 Å². The van der Waals surface area contributed by atoms with Crippen molar-refractivity contribution in [2.24, 2.45) is 0 Å². The highest BCUT2D eigenvalue weighted by Crippen LogP contribution is 2.32. The Hall–Kier alpha value is -2.96. The average molecular weight is 449 g/mol. The maximum atomic E-state index is 13.3. The predicted octanol–water partition coefficient (Wildman–Crippen LogP) is 4.02. The van der Waals surface area contributed by atoms with Gasteiger partial charge in [-0.25, -0.2) is 0 Å². The highest BCUT2D eigenvalue weighted by atomic mass is 35.5. The van der Waals surface area contributed by atoms with Gasteiger partial charge in [0.15, 0.2) is 0 Å². The van der Waals surface area contributed by atoms with Crippen molar-refractivity contribution >= 4 is 40.0 Å². The first-order chi connectivity index (χ1) is 15.5. The van der Waals surface area contributed by atoms with Gasteiger partial charge in [0, 0.05) is 53.5 Å². The minimum Gasteiger partial charge on any atom is -0.336 e. The molecule has 3 aromatic rings. The summed E-state index contributed by atoms with van der Waals surface area (Å²) < 4.78 is 0. The summed E-state index contributed by atoms with van der Waals surface area (Å²) in [7, 11) is 2.06. The van der Waals surface area contributed by atoms with Gasteiger partial charge in [-0.1, -0.05) is 11.6 Å². The number of rotatable bonds is 3.